The molecule has 2 atom stereocenters. The van der Waals surface area contributed by atoms with E-state index in [4.69, 9.17) is 4.74 Å². The molecule has 0 amide bonds. The quantitative estimate of drug-likeness (QED) is 0.751. The highest BCUT2D eigenvalue weighted by Gasteiger charge is 2.43. The molecule has 2 heteroatoms. The van der Waals surface area contributed by atoms with Gasteiger partial charge < -0.3 is 10.1 Å². The predicted molar refractivity (Wildman–Crippen MR) is 60.4 cm³/mol. The van der Waals surface area contributed by atoms with Gasteiger partial charge in [0.25, 0.3) is 0 Å². The minimum absolute atomic E-state index is 0.351. The molecule has 0 saturated carbocycles. The van der Waals surface area contributed by atoms with Gasteiger partial charge in [-0.15, -0.1) is 0 Å². The van der Waals surface area contributed by atoms with Crippen molar-refractivity contribution in [2.75, 3.05) is 13.2 Å². The lowest BCUT2D eigenvalue weighted by molar-refractivity contribution is 0.0363. The third-order valence-corrected chi connectivity index (χ3v) is 3.73. The van der Waals surface area contributed by atoms with Gasteiger partial charge in [-0.25, -0.2) is 0 Å². The van der Waals surface area contributed by atoms with Gasteiger partial charge in [0.15, 0.2) is 0 Å². The number of nitrogens with one attached hydrogen (secondary N) is 1. The molecule has 0 aromatic carbocycles. The maximum absolute atomic E-state index is 5.72. The van der Waals surface area contributed by atoms with Crippen LogP contribution in [0.2, 0.25) is 0 Å². The smallest absolute Gasteiger partial charge is 0.0618 e. The molecule has 1 saturated heterocycles. The zero-order valence-electron chi connectivity index (χ0n) is 10.3. The van der Waals surface area contributed by atoms with Crippen molar-refractivity contribution in [3.8, 4) is 0 Å². The first-order valence-corrected chi connectivity index (χ1v) is 5.84. The third kappa shape index (κ3) is 2.29. The number of ether oxygens (including phenoxy) is 1. The summed E-state index contributed by atoms with van der Waals surface area (Å²) in [6, 6.07) is 0.568. The van der Waals surface area contributed by atoms with Crippen LogP contribution in [0.4, 0.5) is 0 Å². The Labute approximate surface area is 88.4 Å². The highest BCUT2D eigenvalue weighted by molar-refractivity contribution is 4.93. The molecule has 0 aromatic heterocycles. The molecule has 84 valence electrons. The van der Waals surface area contributed by atoms with Gasteiger partial charge in [-0.2, -0.15) is 0 Å². The molecule has 14 heavy (non-hydrogen) atoms. The minimum Gasteiger partial charge on any atom is -0.378 e. The number of hydrogen-bond acceptors (Lipinski definition) is 2. The lowest BCUT2D eigenvalue weighted by Gasteiger charge is -2.37. The zero-order valence-corrected chi connectivity index (χ0v) is 10.3. The fraction of sp³-hybridized carbons (Fsp3) is 1.00. The lowest BCUT2D eigenvalue weighted by Crippen LogP contribution is -2.45. The molecule has 0 radical (unpaired) electrons. The van der Waals surface area contributed by atoms with Crippen molar-refractivity contribution in [3.05, 3.63) is 0 Å². The summed E-state index contributed by atoms with van der Waals surface area (Å²) in [5, 5.41) is 3.56. The summed E-state index contributed by atoms with van der Waals surface area (Å²) < 4.78 is 5.72. The largest absolute Gasteiger partial charge is 0.378 e. The Hall–Kier alpha value is -0.0800. The Morgan fingerprint density at radius 1 is 1.36 bits per heavy atom. The molecule has 1 N–H and O–H groups in total. The summed E-state index contributed by atoms with van der Waals surface area (Å²) in [5.41, 5.74) is 0.351. The fourth-order valence-corrected chi connectivity index (χ4v) is 2.38. The van der Waals surface area contributed by atoms with Crippen molar-refractivity contribution in [3.63, 3.8) is 0 Å². The van der Waals surface area contributed by atoms with E-state index in [1.807, 2.05) is 0 Å². The van der Waals surface area contributed by atoms with Gasteiger partial charge in [-0.1, -0.05) is 27.7 Å². The average Bonchev–Trinajstić information content (AvgIpc) is 2.44. The van der Waals surface area contributed by atoms with Crippen molar-refractivity contribution in [1.82, 2.24) is 5.32 Å². The Balaban J connectivity index is 2.62. The summed E-state index contributed by atoms with van der Waals surface area (Å²) in [6.07, 6.45) is 1.60. The van der Waals surface area contributed by atoms with Crippen LogP contribution in [0.25, 0.3) is 0 Å². The van der Waals surface area contributed by atoms with E-state index in [-0.39, 0.29) is 0 Å². The van der Waals surface area contributed by atoms with Gasteiger partial charge in [0.2, 0.25) is 0 Å². The van der Waals surface area contributed by atoms with Crippen LogP contribution in [0.3, 0.4) is 0 Å². The highest BCUT2D eigenvalue weighted by atomic mass is 16.5. The van der Waals surface area contributed by atoms with E-state index < -0.39 is 0 Å². The molecular weight excluding hydrogens is 174 g/mol. The zero-order chi connectivity index (χ0) is 10.8. The van der Waals surface area contributed by atoms with Crippen LogP contribution in [-0.4, -0.2) is 25.3 Å². The van der Waals surface area contributed by atoms with E-state index >= 15 is 0 Å². The first-order valence-electron chi connectivity index (χ1n) is 5.84. The van der Waals surface area contributed by atoms with Gasteiger partial charge in [-0.05, 0) is 19.3 Å². The molecule has 1 heterocycles. The van der Waals surface area contributed by atoms with E-state index in [1.54, 1.807) is 0 Å². The van der Waals surface area contributed by atoms with E-state index in [2.05, 4.69) is 39.9 Å². The molecule has 2 unspecified atom stereocenters. The van der Waals surface area contributed by atoms with Crippen molar-refractivity contribution >= 4 is 0 Å². The summed E-state index contributed by atoms with van der Waals surface area (Å²) in [7, 11) is 0. The number of rotatable bonds is 4. The topological polar surface area (TPSA) is 21.3 Å². The maximum atomic E-state index is 5.72. The molecule has 0 bridgehead atoms. The lowest BCUT2D eigenvalue weighted by atomic mass is 9.72. The minimum atomic E-state index is 0.351. The monoisotopic (exact) mass is 199 g/mol. The number of hydrogen-bond donors (Lipinski definition) is 1. The van der Waals surface area contributed by atoms with Crippen LogP contribution < -0.4 is 5.32 Å². The Morgan fingerprint density at radius 2 is 2.00 bits per heavy atom. The van der Waals surface area contributed by atoms with E-state index in [1.165, 1.54) is 6.42 Å². The van der Waals surface area contributed by atoms with Crippen LogP contribution in [-0.2, 0) is 4.74 Å². The molecule has 0 aliphatic carbocycles. The van der Waals surface area contributed by atoms with Crippen LogP contribution in [0, 0.1) is 11.3 Å². The Morgan fingerprint density at radius 3 is 2.36 bits per heavy atom. The summed E-state index contributed by atoms with van der Waals surface area (Å²) >= 11 is 0. The van der Waals surface area contributed by atoms with Gasteiger partial charge in [-0.3, -0.25) is 0 Å². The molecule has 1 rings (SSSR count). The second-order valence-electron chi connectivity index (χ2n) is 5.19. The fourth-order valence-electron chi connectivity index (χ4n) is 2.38. The first-order chi connectivity index (χ1) is 6.49. The molecular formula is C12H25NO. The van der Waals surface area contributed by atoms with Gasteiger partial charge in [0, 0.05) is 24.6 Å². The van der Waals surface area contributed by atoms with Crippen molar-refractivity contribution < 1.29 is 4.74 Å². The van der Waals surface area contributed by atoms with Gasteiger partial charge >= 0.3 is 0 Å². The standard InChI is InChI=1S/C12H25NO/c1-9(2)12(8-13-10(3)4)6-7-14-11(12)5/h9-11,13H,6-8H2,1-5H3. The van der Waals surface area contributed by atoms with Crippen LogP contribution in [0.5, 0.6) is 0 Å². The van der Waals surface area contributed by atoms with E-state index in [0.29, 0.717) is 23.5 Å². The van der Waals surface area contributed by atoms with Crippen LogP contribution in [0.1, 0.15) is 41.0 Å². The Kier molecular flexibility index (Phi) is 3.96. The first kappa shape index (κ1) is 12.0. The van der Waals surface area contributed by atoms with Crippen LogP contribution >= 0.6 is 0 Å². The highest BCUT2D eigenvalue weighted by Crippen LogP contribution is 2.41. The second-order valence-corrected chi connectivity index (χ2v) is 5.19. The average molecular weight is 199 g/mol. The molecule has 1 aliphatic heterocycles. The molecule has 1 aliphatic rings. The summed E-state index contributed by atoms with van der Waals surface area (Å²) in [5.74, 6) is 0.686. The summed E-state index contributed by atoms with van der Waals surface area (Å²) in [4.78, 5) is 0. The normalized spacial score (nSPS) is 33.2. The van der Waals surface area contributed by atoms with Gasteiger partial charge in [0.1, 0.15) is 0 Å². The predicted octanol–water partition coefficient (Wildman–Crippen LogP) is 2.44. The van der Waals surface area contributed by atoms with E-state index in [0.717, 1.165) is 13.2 Å². The van der Waals surface area contributed by atoms with Crippen LogP contribution in [0.15, 0.2) is 0 Å². The summed E-state index contributed by atoms with van der Waals surface area (Å²) in [6.45, 7) is 13.3. The molecule has 0 spiro atoms. The van der Waals surface area contributed by atoms with E-state index in [9.17, 15) is 0 Å². The molecule has 1 fully saturated rings. The SMILES string of the molecule is CC(C)NCC1(C(C)C)CCOC1C. The van der Waals surface area contributed by atoms with Crippen molar-refractivity contribution in [2.24, 2.45) is 11.3 Å². The van der Waals surface area contributed by atoms with Crippen molar-refractivity contribution in [2.45, 2.75) is 53.2 Å². The molecule has 0 aromatic rings. The Bertz CT molecular complexity index is 179. The molecule has 2 nitrogen and oxygen atoms in total. The van der Waals surface area contributed by atoms with Gasteiger partial charge in [0.05, 0.1) is 6.10 Å². The second kappa shape index (κ2) is 4.63. The van der Waals surface area contributed by atoms with Crippen molar-refractivity contribution in [1.29, 1.82) is 0 Å². The maximum Gasteiger partial charge on any atom is 0.0618 e. The third-order valence-electron chi connectivity index (χ3n) is 3.73.